The summed E-state index contributed by atoms with van der Waals surface area (Å²) in [5.74, 6) is 0. The number of hydrogen-bond acceptors (Lipinski definition) is 3. The van der Waals surface area contributed by atoms with Gasteiger partial charge in [0.05, 0.1) is 6.61 Å². The molecule has 0 saturated carbocycles. The van der Waals surface area contributed by atoms with Gasteiger partial charge in [-0.05, 0) is 14.1 Å². The van der Waals surface area contributed by atoms with Gasteiger partial charge in [-0.15, -0.1) is 0 Å². The number of carbonyl (C=O) groups is 1. The molecule has 0 fully saturated rings. The van der Waals surface area contributed by atoms with Crippen LogP contribution in [-0.4, -0.2) is 38.6 Å². The Morgan fingerprint density at radius 2 is 2.33 bits per heavy atom. The Kier molecular flexibility index (Phi) is 5.15. The topological polar surface area (TPSA) is 41.6 Å². The highest BCUT2D eigenvalue weighted by Crippen LogP contribution is 1.72. The standard InChI is InChI=1S/C5H12N2O2/c1-7(2)3-4-9-6-5-8/h5H,3-4H2,1-2H3,(H,6,8). The van der Waals surface area contributed by atoms with E-state index in [1.165, 1.54) is 0 Å². The first-order valence-electron chi connectivity index (χ1n) is 2.73. The highest BCUT2D eigenvalue weighted by molar-refractivity contribution is 5.43. The first-order chi connectivity index (χ1) is 4.27. The molecule has 0 aromatic rings. The van der Waals surface area contributed by atoms with Crippen LogP contribution in [0.25, 0.3) is 0 Å². The zero-order valence-corrected chi connectivity index (χ0v) is 5.76. The summed E-state index contributed by atoms with van der Waals surface area (Å²) in [5, 5.41) is 0. The molecule has 0 aliphatic heterocycles. The molecular formula is C5H12N2O2. The first-order valence-corrected chi connectivity index (χ1v) is 2.73. The molecule has 1 amide bonds. The summed E-state index contributed by atoms with van der Waals surface area (Å²) in [5.41, 5.74) is 2.10. The molecule has 0 atom stereocenters. The molecule has 0 saturated heterocycles. The Hall–Kier alpha value is -0.610. The Morgan fingerprint density at radius 1 is 1.67 bits per heavy atom. The molecule has 0 aromatic carbocycles. The minimum Gasteiger partial charge on any atom is -0.307 e. The van der Waals surface area contributed by atoms with Gasteiger partial charge < -0.3 is 4.90 Å². The molecule has 4 heteroatoms. The third-order valence-electron chi connectivity index (χ3n) is 0.772. The van der Waals surface area contributed by atoms with Gasteiger partial charge in [-0.1, -0.05) is 0 Å². The van der Waals surface area contributed by atoms with Crippen molar-refractivity contribution in [3.63, 3.8) is 0 Å². The van der Waals surface area contributed by atoms with E-state index in [0.29, 0.717) is 13.0 Å². The summed E-state index contributed by atoms with van der Waals surface area (Å²) >= 11 is 0. The van der Waals surface area contributed by atoms with Crippen LogP contribution in [0.4, 0.5) is 0 Å². The predicted octanol–water partition coefficient (Wildman–Crippen LogP) is -0.774. The smallest absolute Gasteiger partial charge is 0.230 e. The monoisotopic (exact) mass is 132 g/mol. The van der Waals surface area contributed by atoms with E-state index in [2.05, 4.69) is 10.3 Å². The number of nitrogens with one attached hydrogen (secondary N) is 1. The molecule has 0 radical (unpaired) electrons. The molecular weight excluding hydrogens is 120 g/mol. The number of rotatable bonds is 5. The molecule has 0 bridgehead atoms. The van der Waals surface area contributed by atoms with Gasteiger partial charge in [0.25, 0.3) is 0 Å². The summed E-state index contributed by atoms with van der Waals surface area (Å²) in [4.78, 5) is 16.2. The van der Waals surface area contributed by atoms with E-state index in [0.717, 1.165) is 6.54 Å². The lowest BCUT2D eigenvalue weighted by Gasteiger charge is -2.07. The maximum absolute atomic E-state index is 9.60. The van der Waals surface area contributed by atoms with Crippen molar-refractivity contribution in [3.8, 4) is 0 Å². The van der Waals surface area contributed by atoms with Crippen LogP contribution in [0.1, 0.15) is 0 Å². The van der Waals surface area contributed by atoms with Crippen molar-refractivity contribution >= 4 is 6.41 Å². The summed E-state index contributed by atoms with van der Waals surface area (Å²) in [6.45, 7) is 1.33. The molecule has 0 heterocycles. The van der Waals surface area contributed by atoms with E-state index in [-0.39, 0.29) is 0 Å². The van der Waals surface area contributed by atoms with Gasteiger partial charge in [-0.3, -0.25) is 9.63 Å². The fraction of sp³-hybridized carbons (Fsp3) is 0.800. The molecule has 0 aliphatic rings. The minimum atomic E-state index is 0.510. The van der Waals surface area contributed by atoms with Crippen molar-refractivity contribution in [2.75, 3.05) is 27.2 Å². The highest BCUT2D eigenvalue weighted by atomic mass is 16.6. The van der Waals surface area contributed by atoms with Crippen LogP contribution in [0.2, 0.25) is 0 Å². The van der Waals surface area contributed by atoms with E-state index in [9.17, 15) is 4.79 Å². The van der Waals surface area contributed by atoms with Gasteiger partial charge in [-0.2, -0.15) is 0 Å². The van der Waals surface area contributed by atoms with Crippen molar-refractivity contribution in [3.05, 3.63) is 0 Å². The van der Waals surface area contributed by atoms with Gasteiger partial charge in [0, 0.05) is 6.54 Å². The molecule has 0 spiro atoms. The fourth-order valence-electron chi connectivity index (χ4n) is 0.321. The van der Waals surface area contributed by atoms with Gasteiger partial charge in [0.15, 0.2) is 0 Å². The third-order valence-corrected chi connectivity index (χ3v) is 0.772. The first kappa shape index (κ1) is 8.39. The molecule has 9 heavy (non-hydrogen) atoms. The van der Waals surface area contributed by atoms with Gasteiger partial charge in [0.1, 0.15) is 0 Å². The largest absolute Gasteiger partial charge is 0.307 e. The van der Waals surface area contributed by atoms with Crippen molar-refractivity contribution in [2.24, 2.45) is 0 Å². The molecule has 4 nitrogen and oxygen atoms in total. The van der Waals surface area contributed by atoms with Crippen LogP contribution in [-0.2, 0) is 9.63 Å². The van der Waals surface area contributed by atoms with Gasteiger partial charge in [-0.25, -0.2) is 5.48 Å². The minimum absolute atomic E-state index is 0.510. The van der Waals surface area contributed by atoms with Crippen LogP contribution in [0, 0.1) is 0 Å². The Morgan fingerprint density at radius 3 is 2.78 bits per heavy atom. The van der Waals surface area contributed by atoms with E-state index >= 15 is 0 Å². The van der Waals surface area contributed by atoms with Crippen molar-refractivity contribution in [2.45, 2.75) is 0 Å². The Bertz CT molecular complexity index is 75.4. The quantitative estimate of drug-likeness (QED) is 0.303. The highest BCUT2D eigenvalue weighted by Gasteiger charge is 1.87. The summed E-state index contributed by atoms with van der Waals surface area (Å²) in [6, 6.07) is 0. The maximum Gasteiger partial charge on any atom is 0.230 e. The molecule has 54 valence electrons. The van der Waals surface area contributed by atoms with Crippen LogP contribution in [0.5, 0.6) is 0 Å². The van der Waals surface area contributed by atoms with Crippen molar-refractivity contribution < 1.29 is 9.63 Å². The Balaban J connectivity index is 2.82. The number of carbonyl (C=O) groups excluding carboxylic acids is 1. The normalized spacial score (nSPS) is 9.67. The van der Waals surface area contributed by atoms with Crippen molar-refractivity contribution in [1.29, 1.82) is 0 Å². The molecule has 0 unspecified atom stereocenters. The lowest BCUT2D eigenvalue weighted by atomic mass is 10.6. The number of amides is 1. The zero-order valence-electron chi connectivity index (χ0n) is 5.76. The van der Waals surface area contributed by atoms with Crippen molar-refractivity contribution in [1.82, 2.24) is 10.4 Å². The average Bonchev–Trinajstić information content (AvgIpc) is 1.80. The predicted molar refractivity (Wildman–Crippen MR) is 33.7 cm³/mol. The number of likely N-dealkylation sites (N-methyl/N-ethyl adjacent to an activating group) is 1. The van der Waals surface area contributed by atoms with Crippen LogP contribution in [0.15, 0.2) is 0 Å². The molecule has 1 N–H and O–H groups in total. The fourth-order valence-corrected chi connectivity index (χ4v) is 0.321. The number of hydrogen-bond donors (Lipinski definition) is 1. The average molecular weight is 132 g/mol. The van der Waals surface area contributed by atoms with Crippen LogP contribution in [0.3, 0.4) is 0 Å². The van der Waals surface area contributed by atoms with E-state index in [4.69, 9.17) is 0 Å². The molecule has 0 aromatic heterocycles. The zero-order chi connectivity index (χ0) is 7.11. The lowest BCUT2D eigenvalue weighted by molar-refractivity contribution is -0.120. The number of hydroxylamine groups is 1. The van der Waals surface area contributed by atoms with E-state index in [1.807, 2.05) is 19.0 Å². The second-order valence-electron chi connectivity index (χ2n) is 1.89. The van der Waals surface area contributed by atoms with Gasteiger partial charge in [0.2, 0.25) is 6.41 Å². The SMILES string of the molecule is CN(C)CCONC=O. The van der Waals surface area contributed by atoms with E-state index < -0.39 is 0 Å². The van der Waals surface area contributed by atoms with Gasteiger partial charge >= 0.3 is 0 Å². The van der Waals surface area contributed by atoms with Crippen LogP contribution >= 0.6 is 0 Å². The number of nitrogens with zero attached hydrogens (tertiary/aromatic N) is 1. The second-order valence-corrected chi connectivity index (χ2v) is 1.89. The Labute approximate surface area is 54.7 Å². The van der Waals surface area contributed by atoms with Crippen LogP contribution < -0.4 is 5.48 Å². The third kappa shape index (κ3) is 7.39. The van der Waals surface area contributed by atoms with E-state index in [1.54, 1.807) is 0 Å². The second kappa shape index (κ2) is 5.53. The summed E-state index contributed by atoms with van der Waals surface area (Å²) in [7, 11) is 3.87. The lowest BCUT2D eigenvalue weighted by Crippen LogP contribution is -2.22. The molecule has 0 rings (SSSR count). The summed E-state index contributed by atoms with van der Waals surface area (Å²) in [6.07, 6.45) is 0.510. The summed E-state index contributed by atoms with van der Waals surface area (Å²) < 4.78 is 0. The molecule has 0 aliphatic carbocycles. The maximum atomic E-state index is 9.60.